The Kier molecular flexibility index (Phi) is 10.6. The molecule has 1 fully saturated rings. The van der Waals surface area contributed by atoms with E-state index in [1.165, 1.54) is 12.1 Å². The molecule has 1 aliphatic carbocycles. The Morgan fingerprint density at radius 2 is 1.38 bits per heavy atom. The second kappa shape index (κ2) is 13.7. The summed E-state index contributed by atoms with van der Waals surface area (Å²) < 4.78 is 41.9. The molecular weight excluding hydrogens is 545 g/mol. The van der Waals surface area contributed by atoms with Gasteiger partial charge in [-0.15, -0.1) is 0 Å². The fourth-order valence-corrected chi connectivity index (χ4v) is 6.09. The van der Waals surface area contributed by atoms with Crippen LogP contribution in [-0.2, 0) is 38.9 Å². The zero-order chi connectivity index (χ0) is 28.5. The van der Waals surface area contributed by atoms with Crippen LogP contribution in [0.2, 0.25) is 5.02 Å². The molecule has 39 heavy (non-hydrogen) atoms. The minimum Gasteiger partial charge on any atom is -0.481 e. The highest BCUT2D eigenvalue weighted by atomic mass is 35.5. The van der Waals surface area contributed by atoms with Crippen molar-refractivity contribution in [3.05, 3.63) is 100 Å². The predicted octanol–water partition coefficient (Wildman–Crippen LogP) is 5.50. The molecule has 0 atom stereocenters. The molecule has 0 aromatic heterocycles. The van der Waals surface area contributed by atoms with E-state index in [2.05, 4.69) is 4.72 Å². The zero-order valence-corrected chi connectivity index (χ0v) is 22.8. The maximum absolute atomic E-state index is 14.1. The van der Waals surface area contributed by atoms with Crippen LogP contribution in [0, 0.1) is 11.2 Å². The van der Waals surface area contributed by atoms with E-state index >= 15 is 0 Å². The van der Waals surface area contributed by atoms with Crippen molar-refractivity contribution in [1.82, 2.24) is 4.72 Å². The fourth-order valence-electron chi connectivity index (χ4n) is 4.71. The normalized spacial score (nSPS) is 14.3. The number of nitrogens with one attached hydrogen (secondary N) is 1. The molecule has 3 N–H and O–H groups in total. The molecule has 1 saturated carbocycles. The number of sulfonamides is 1. The molecule has 0 amide bonds. The molecule has 208 valence electrons. The lowest BCUT2D eigenvalue weighted by atomic mass is 9.80. The predicted molar refractivity (Wildman–Crippen MR) is 147 cm³/mol. The standard InChI is InChI=1S/C21H23ClFNO4S.C8H8O2/c22-17-7-8-19(18(23)12-17)29(27,28)24-14-21(9-1-2-10-21)13-16-5-3-15(4-6-16)11-20(25)26;9-8(10)6-7-4-2-1-3-5-7/h3-8,12,24H,1-2,9-11,13-14H2,(H,25,26);1-5H,6H2,(H,9,10). The maximum Gasteiger partial charge on any atom is 0.307 e. The Morgan fingerprint density at radius 1 is 0.846 bits per heavy atom. The van der Waals surface area contributed by atoms with Gasteiger partial charge in [0, 0.05) is 11.6 Å². The van der Waals surface area contributed by atoms with E-state index in [9.17, 15) is 22.4 Å². The maximum atomic E-state index is 14.1. The molecule has 0 radical (unpaired) electrons. The molecule has 0 aliphatic heterocycles. The lowest BCUT2D eigenvalue weighted by molar-refractivity contribution is -0.137. The molecule has 7 nitrogen and oxygen atoms in total. The van der Waals surface area contributed by atoms with Gasteiger partial charge in [-0.1, -0.05) is 79.0 Å². The summed E-state index contributed by atoms with van der Waals surface area (Å²) >= 11 is 5.71. The lowest BCUT2D eigenvalue weighted by Gasteiger charge is -2.29. The van der Waals surface area contributed by atoms with Crippen LogP contribution in [0.15, 0.2) is 77.7 Å². The molecule has 3 aromatic rings. The van der Waals surface area contributed by atoms with Crippen molar-refractivity contribution in [2.24, 2.45) is 5.41 Å². The van der Waals surface area contributed by atoms with Gasteiger partial charge in [0.15, 0.2) is 0 Å². The van der Waals surface area contributed by atoms with Crippen molar-refractivity contribution in [1.29, 1.82) is 0 Å². The van der Waals surface area contributed by atoms with E-state index < -0.39 is 32.7 Å². The summed E-state index contributed by atoms with van der Waals surface area (Å²) in [6.45, 7) is 0.217. The first-order valence-corrected chi connectivity index (χ1v) is 14.3. The molecule has 3 aromatic carbocycles. The molecular formula is C29H31ClFNO6S. The summed E-state index contributed by atoms with van der Waals surface area (Å²) in [5.41, 5.74) is 2.35. The summed E-state index contributed by atoms with van der Waals surface area (Å²) in [5, 5.41) is 17.4. The number of hydrogen-bond donors (Lipinski definition) is 3. The minimum absolute atomic E-state index is 0.0299. The molecule has 0 spiro atoms. The number of carboxylic acids is 2. The molecule has 10 heteroatoms. The van der Waals surface area contributed by atoms with Crippen molar-refractivity contribution in [3.63, 3.8) is 0 Å². The summed E-state index contributed by atoms with van der Waals surface area (Å²) in [4.78, 5) is 20.6. The molecule has 0 saturated heterocycles. The highest BCUT2D eigenvalue weighted by molar-refractivity contribution is 7.89. The second-order valence-electron chi connectivity index (χ2n) is 9.73. The average Bonchev–Trinajstić information content (AvgIpc) is 3.33. The van der Waals surface area contributed by atoms with Crippen LogP contribution in [0.4, 0.5) is 4.39 Å². The van der Waals surface area contributed by atoms with Crippen molar-refractivity contribution < 1.29 is 32.6 Å². The average molecular weight is 576 g/mol. The molecule has 4 rings (SSSR count). The largest absolute Gasteiger partial charge is 0.481 e. The van der Waals surface area contributed by atoms with Gasteiger partial charge in [-0.2, -0.15) is 0 Å². The van der Waals surface area contributed by atoms with Crippen LogP contribution in [-0.4, -0.2) is 37.1 Å². The number of rotatable bonds is 10. The molecule has 0 bridgehead atoms. The van der Waals surface area contributed by atoms with E-state index in [-0.39, 0.29) is 29.8 Å². The van der Waals surface area contributed by atoms with Gasteiger partial charge in [-0.3, -0.25) is 9.59 Å². The van der Waals surface area contributed by atoms with Crippen molar-refractivity contribution in [2.75, 3.05) is 6.54 Å². The highest BCUT2D eigenvalue weighted by Crippen LogP contribution is 2.41. The third-order valence-electron chi connectivity index (χ3n) is 6.64. The second-order valence-corrected chi connectivity index (χ2v) is 11.9. The van der Waals surface area contributed by atoms with Crippen molar-refractivity contribution in [2.45, 2.75) is 49.8 Å². The van der Waals surface area contributed by atoms with Gasteiger partial charge in [-0.05, 0) is 59.6 Å². The quantitative estimate of drug-likeness (QED) is 0.293. The fraction of sp³-hybridized carbons (Fsp3) is 0.310. The van der Waals surface area contributed by atoms with E-state index in [1.807, 2.05) is 30.3 Å². The first kappa shape index (κ1) is 30.3. The Morgan fingerprint density at radius 3 is 1.92 bits per heavy atom. The number of aliphatic carboxylic acids is 2. The van der Waals surface area contributed by atoms with Crippen LogP contribution in [0.25, 0.3) is 0 Å². The van der Waals surface area contributed by atoms with Gasteiger partial charge in [0.25, 0.3) is 0 Å². The smallest absolute Gasteiger partial charge is 0.307 e. The van der Waals surface area contributed by atoms with Crippen LogP contribution in [0.5, 0.6) is 0 Å². The van der Waals surface area contributed by atoms with E-state index in [0.717, 1.165) is 48.4 Å². The van der Waals surface area contributed by atoms with Gasteiger partial charge in [-0.25, -0.2) is 17.5 Å². The molecule has 0 unspecified atom stereocenters. The van der Waals surface area contributed by atoms with Crippen molar-refractivity contribution in [3.8, 4) is 0 Å². The van der Waals surface area contributed by atoms with Crippen LogP contribution >= 0.6 is 11.6 Å². The van der Waals surface area contributed by atoms with Crippen LogP contribution < -0.4 is 4.72 Å². The molecule has 0 heterocycles. The van der Waals surface area contributed by atoms with E-state index in [1.54, 1.807) is 24.3 Å². The van der Waals surface area contributed by atoms with Gasteiger partial charge in [0.05, 0.1) is 12.8 Å². The van der Waals surface area contributed by atoms with E-state index in [4.69, 9.17) is 21.8 Å². The van der Waals surface area contributed by atoms with Gasteiger partial charge < -0.3 is 10.2 Å². The Labute approximate surface area is 232 Å². The number of hydrogen-bond acceptors (Lipinski definition) is 4. The first-order chi connectivity index (χ1) is 18.5. The first-order valence-electron chi connectivity index (χ1n) is 12.5. The highest BCUT2D eigenvalue weighted by Gasteiger charge is 2.35. The summed E-state index contributed by atoms with van der Waals surface area (Å²) in [7, 11) is -3.99. The minimum atomic E-state index is -3.99. The molecule has 1 aliphatic rings. The van der Waals surface area contributed by atoms with Crippen LogP contribution in [0.1, 0.15) is 42.4 Å². The number of benzene rings is 3. The van der Waals surface area contributed by atoms with E-state index in [0.29, 0.717) is 6.42 Å². The SMILES string of the molecule is O=C(O)Cc1ccc(CC2(CNS(=O)(=O)c3ccc(Cl)cc3F)CCCC2)cc1.O=C(O)Cc1ccccc1. The third-order valence-corrected chi connectivity index (χ3v) is 8.31. The monoisotopic (exact) mass is 575 g/mol. The topological polar surface area (TPSA) is 121 Å². The summed E-state index contributed by atoms with van der Waals surface area (Å²) in [5.74, 6) is -2.54. The number of carbonyl (C=O) groups is 2. The Bertz CT molecular complexity index is 1370. The summed E-state index contributed by atoms with van der Waals surface area (Å²) in [6.07, 6.45) is 4.51. The van der Waals surface area contributed by atoms with Gasteiger partial charge >= 0.3 is 11.9 Å². The van der Waals surface area contributed by atoms with Crippen LogP contribution in [0.3, 0.4) is 0 Å². The number of halogens is 2. The third kappa shape index (κ3) is 9.45. The van der Waals surface area contributed by atoms with Gasteiger partial charge in [0.2, 0.25) is 10.0 Å². The lowest BCUT2D eigenvalue weighted by Crippen LogP contribution is -2.37. The summed E-state index contributed by atoms with van der Waals surface area (Å²) in [6, 6.07) is 20.0. The number of carboxylic acid groups (broad SMARTS) is 2. The zero-order valence-electron chi connectivity index (χ0n) is 21.3. The van der Waals surface area contributed by atoms with Crippen molar-refractivity contribution >= 4 is 33.6 Å². The Balaban J connectivity index is 0.000000353. The van der Waals surface area contributed by atoms with Gasteiger partial charge in [0.1, 0.15) is 10.7 Å². The Hall–Kier alpha value is -3.27.